The van der Waals surface area contributed by atoms with Crippen molar-refractivity contribution in [2.45, 2.75) is 39.3 Å². The quantitative estimate of drug-likeness (QED) is 0.768. The van der Waals surface area contributed by atoms with E-state index in [1.165, 1.54) is 0 Å². The van der Waals surface area contributed by atoms with Crippen LogP contribution in [0, 0.1) is 5.41 Å². The van der Waals surface area contributed by atoms with E-state index in [2.05, 4.69) is 5.32 Å². The first-order chi connectivity index (χ1) is 8.27. The summed E-state index contributed by atoms with van der Waals surface area (Å²) in [7, 11) is 0. The lowest BCUT2D eigenvalue weighted by Crippen LogP contribution is -2.51. The maximum Gasteiger partial charge on any atom is 0.408 e. The van der Waals surface area contributed by atoms with Gasteiger partial charge in [-0.25, -0.2) is 4.79 Å². The second-order valence-corrected chi connectivity index (χ2v) is 5.78. The highest BCUT2D eigenvalue weighted by Gasteiger charge is 2.34. The predicted octanol–water partition coefficient (Wildman–Crippen LogP) is 1.09. The Kier molecular flexibility index (Phi) is 4.70. The molecule has 1 rings (SSSR count). The average Bonchev–Trinajstić information content (AvgIpc) is 2.24. The van der Waals surface area contributed by atoms with Crippen LogP contribution in [0.2, 0.25) is 0 Å². The standard InChI is InChI=1S/C12H21NO5/c1-11(2,3)9(5-14)13-10(15)18-12(4)6-16-8-17-7-12/h5,9H,6-8H2,1-4H3,(H,13,15)/t9-/m1/s1. The minimum Gasteiger partial charge on any atom is -0.438 e. The Morgan fingerprint density at radius 2 is 1.94 bits per heavy atom. The molecule has 1 amide bonds. The van der Waals surface area contributed by atoms with Gasteiger partial charge in [-0.3, -0.25) is 0 Å². The van der Waals surface area contributed by atoms with Crippen LogP contribution >= 0.6 is 0 Å². The van der Waals surface area contributed by atoms with Gasteiger partial charge < -0.3 is 24.3 Å². The number of rotatable bonds is 3. The molecule has 0 aromatic carbocycles. The SMILES string of the molecule is CC1(OC(=O)N[C@H](C=O)C(C)(C)C)COCOC1. The van der Waals surface area contributed by atoms with Crippen LogP contribution in [0.5, 0.6) is 0 Å². The second-order valence-electron chi connectivity index (χ2n) is 5.78. The third-order valence-corrected chi connectivity index (χ3v) is 2.66. The molecule has 18 heavy (non-hydrogen) atoms. The molecule has 1 N–H and O–H groups in total. The first kappa shape index (κ1) is 14.9. The topological polar surface area (TPSA) is 73.9 Å². The molecule has 0 aromatic rings. The summed E-state index contributed by atoms with van der Waals surface area (Å²) in [5.74, 6) is 0. The van der Waals surface area contributed by atoms with E-state index in [1.807, 2.05) is 20.8 Å². The summed E-state index contributed by atoms with van der Waals surface area (Å²) in [6.07, 6.45) is 0.0657. The molecular formula is C12H21NO5. The molecule has 0 unspecified atom stereocenters. The van der Waals surface area contributed by atoms with Crippen molar-refractivity contribution in [2.24, 2.45) is 5.41 Å². The molecule has 1 aliphatic rings. The van der Waals surface area contributed by atoms with Crippen LogP contribution < -0.4 is 5.32 Å². The summed E-state index contributed by atoms with van der Waals surface area (Å²) in [5, 5.41) is 2.54. The number of nitrogens with one attached hydrogen (secondary N) is 1. The lowest BCUT2D eigenvalue weighted by Gasteiger charge is -2.34. The van der Waals surface area contributed by atoms with Gasteiger partial charge in [0.15, 0.2) is 5.60 Å². The van der Waals surface area contributed by atoms with Crippen LogP contribution in [0.3, 0.4) is 0 Å². The number of ether oxygens (including phenoxy) is 3. The first-order valence-electron chi connectivity index (χ1n) is 5.87. The average molecular weight is 259 g/mol. The number of hydrogen-bond acceptors (Lipinski definition) is 5. The Hall–Kier alpha value is -1.14. The van der Waals surface area contributed by atoms with Crippen molar-refractivity contribution >= 4 is 12.4 Å². The zero-order chi connectivity index (χ0) is 13.8. The van der Waals surface area contributed by atoms with Crippen LogP contribution in [0.4, 0.5) is 4.79 Å². The summed E-state index contributed by atoms with van der Waals surface area (Å²) < 4.78 is 15.4. The fraction of sp³-hybridized carbons (Fsp3) is 0.833. The van der Waals surface area contributed by atoms with Crippen molar-refractivity contribution in [1.29, 1.82) is 0 Å². The van der Waals surface area contributed by atoms with Gasteiger partial charge in [0.25, 0.3) is 0 Å². The van der Waals surface area contributed by atoms with Crippen molar-refractivity contribution < 1.29 is 23.8 Å². The van der Waals surface area contributed by atoms with Gasteiger partial charge in [-0.15, -0.1) is 0 Å². The van der Waals surface area contributed by atoms with E-state index in [1.54, 1.807) is 6.92 Å². The maximum absolute atomic E-state index is 11.7. The van der Waals surface area contributed by atoms with Gasteiger partial charge in [-0.1, -0.05) is 20.8 Å². The van der Waals surface area contributed by atoms with Gasteiger partial charge in [-0.2, -0.15) is 0 Å². The fourth-order valence-electron chi connectivity index (χ4n) is 1.51. The van der Waals surface area contributed by atoms with E-state index in [9.17, 15) is 9.59 Å². The highest BCUT2D eigenvalue weighted by atomic mass is 16.7. The van der Waals surface area contributed by atoms with E-state index >= 15 is 0 Å². The largest absolute Gasteiger partial charge is 0.438 e. The Bertz CT molecular complexity index is 304. The fourth-order valence-corrected chi connectivity index (χ4v) is 1.51. The highest BCUT2D eigenvalue weighted by Crippen LogP contribution is 2.19. The lowest BCUT2D eigenvalue weighted by molar-refractivity contribution is -0.192. The lowest BCUT2D eigenvalue weighted by atomic mass is 9.88. The number of aldehydes is 1. The molecule has 0 aliphatic carbocycles. The third-order valence-electron chi connectivity index (χ3n) is 2.66. The summed E-state index contributed by atoms with van der Waals surface area (Å²) in [5.41, 5.74) is -1.17. The van der Waals surface area contributed by atoms with Crippen molar-refractivity contribution in [3.63, 3.8) is 0 Å². The number of alkyl carbamates (subject to hydrolysis) is 1. The smallest absolute Gasteiger partial charge is 0.408 e. The van der Waals surface area contributed by atoms with Crippen molar-refractivity contribution in [1.82, 2.24) is 5.32 Å². The van der Waals surface area contributed by atoms with Gasteiger partial charge in [0.2, 0.25) is 0 Å². The Balaban J connectivity index is 2.52. The van der Waals surface area contributed by atoms with Crippen LogP contribution in [0.15, 0.2) is 0 Å². The highest BCUT2D eigenvalue weighted by molar-refractivity contribution is 5.74. The molecule has 1 atom stereocenters. The van der Waals surface area contributed by atoms with Crippen LogP contribution in [0.1, 0.15) is 27.7 Å². The van der Waals surface area contributed by atoms with Gasteiger partial charge in [0, 0.05) is 0 Å². The molecular weight excluding hydrogens is 238 g/mol. The molecule has 0 aromatic heterocycles. The van der Waals surface area contributed by atoms with E-state index in [-0.39, 0.29) is 25.4 Å². The predicted molar refractivity (Wildman–Crippen MR) is 64.1 cm³/mol. The molecule has 104 valence electrons. The Morgan fingerprint density at radius 1 is 1.39 bits per heavy atom. The number of carbonyl (C=O) groups excluding carboxylic acids is 2. The molecule has 0 radical (unpaired) electrons. The van der Waals surface area contributed by atoms with Crippen molar-refractivity contribution in [2.75, 3.05) is 20.0 Å². The van der Waals surface area contributed by atoms with Gasteiger partial charge in [-0.05, 0) is 12.3 Å². The zero-order valence-electron chi connectivity index (χ0n) is 11.3. The second kappa shape index (κ2) is 5.67. The molecule has 0 saturated carbocycles. The Labute approximate surface area is 107 Å². The Morgan fingerprint density at radius 3 is 2.39 bits per heavy atom. The van der Waals surface area contributed by atoms with Crippen molar-refractivity contribution in [3.8, 4) is 0 Å². The van der Waals surface area contributed by atoms with E-state index in [4.69, 9.17) is 14.2 Å². The van der Waals surface area contributed by atoms with Crippen LogP contribution in [0.25, 0.3) is 0 Å². The minimum atomic E-state index is -0.812. The van der Waals surface area contributed by atoms with Gasteiger partial charge >= 0.3 is 6.09 Å². The van der Waals surface area contributed by atoms with Gasteiger partial charge in [0.05, 0.1) is 19.3 Å². The summed E-state index contributed by atoms with van der Waals surface area (Å²) in [6, 6.07) is -0.598. The molecule has 6 heteroatoms. The van der Waals surface area contributed by atoms with Crippen molar-refractivity contribution in [3.05, 3.63) is 0 Å². The van der Waals surface area contributed by atoms with Gasteiger partial charge in [0.1, 0.15) is 13.1 Å². The number of carbonyl (C=O) groups is 2. The molecule has 1 saturated heterocycles. The molecule has 0 spiro atoms. The monoisotopic (exact) mass is 259 g/mol. The minimum absolute atomic E-state index is 0.208. The number of amides is 1. The summed E-state index contributed by atoms with van der Waals surface area (Å²) >= 11 is 0. The molecule has 6 nitrogen and oxygen atoms in total. The molecule has 1 heterocycles. The van der Waals surface area contributed by atoms with E-state index in [0.717, 1.165) is 0 Å². The van der Waals surface area contributed by atoms with E-state index in [0.29, 0.717) is 6.29 Å². The normalized spacial score (nSPS) is 20.9. The zero-order valence-corrected chi connectivity index (χ0v) is 11.3. The third kappa shape index (κ3) is 4.27. The number of hydrogen-bond donors (Lipinski definition) is 1. The maximum atomic E-state index is 11.7. The summed E-state index contributed by atoms with van der Waals surface area (Å²) in [4.78, 5) is 22.7. The van der Waals surface area contributed by atoms with Crippen LogP contribution in [-0.4, -0.2) is 44.0 Å². The molecule has 0 bridgehead atoms. The van der Waals surface area contributed by atoms with E-state index < -0.39 is 17.7 Å². The van der Waals surface area contributed by atoms with Crippen LogP contribution in [-0.2, 0) is 19.0 Å². The first-order valence-corrected chi connectivity index (χ1v) is 5.87. The molecule has 1 fully saturated rings. The molecule has 1 aliphatic heterocycles. The summed E-state index contributed by atoms with van der Waals surface area (Å²) in [6.45, 7) is 8.07.